The summed E-state index contributed by atoms with van der Waals surface area (Å²) in [6, 6.07) is 0. The summed E-state index contributed by atoms with van der Waals surface area (Å²) in [4.78, 5) is 23.3. The number of carbonyl (C=O) groups is 1. The van der Waals surface area contributed by atoms with Gasteiger partial charge in [0, 0.05) is 0 Å². The molecule has 0 aliphatic heterocycles. The molecule has 0 aliphatic carbocycles. The molecule has 4 N–H and O–H groups in total. The Morgan fingerprint density at radius 1 is 1.82 bits per heavy atom. The van der Waals surface area contributed by atoms with Gasteiger partial charge in [-0.05, 0) is 0 Å². The SMILES string of the molecule is N=C(N)NCC(=O)O[N+](=O)[O-]. The molecule has 0 atom stereocenters. The van der Waals surface area contributed by atoms with E-state index in [2.05, 4.69) is 4.84 Å². The van der Waals surface area contributed by atoms with Crippen LogP contribution < -0.4 is 11.1 Å². The fraction of sp³-hybridized carbons (Fsp3) is 0.333. The van der Waals surface area contributed by atoms with Crippen LogP contribution >= 0.6 is 0 Å². The normalized spacial score (nSPS) is 8.36. The summed E-state index contributed by atoms with van der Waals surface area (Å²) in [7, 11) is 0. The number of nitrogens with zero attached hydrogens (tertiary/aromatic N) is 1. The third kappa shape index (κ3) is 6.02. The first-order valence-corrected chi connectivity index (χ1v) is 2.45. The maximum Gasteiger partial charge on any atom is 0.322 e. The van der Waals surface area contributed by atoms with Crippen molar-refractivity contribution in [2.24, 2.45) is 5.73 Å². The summed E-state index contributed by atoms with van der Waals surface area (Å²) in [6.07, 6.45) is 0. The minimum absolute atomic E-state index is 0.453. The molecule has 0 aromatic rings. The van der Waals surface area contributed by atoms with E-state index in [0.717, 1.165) is 0 Å². The van der Waals surface area contributed by atoms with Crippen LogP contribution in [0.4, 0.5) is 0 Å². The summed E-state index contributed by atoms with van der Waals surface area (Å²) >= 11 is 0. The highest BCUT2D eigenvalue weighted by Crippen LogP contribution is 1.75. The van der Waals surface area contributed by atoms with Gasteiger partial charge in [-0.3, -0.25) is 10.2 Å². The van der Waals surface area contributed by atoms with Gasteiger partial charge in [0.15, 0.2) is 5.96 Å². The highest BCUT2D eigenvalue weighted by atomic mass is 17.0. The van der Waals surface area contributed by atoms with Crippen molar-refractivity contribution in [2.45, 2.75) is 0 Å². The van der Waals surface area contributed by atoms with Gasteiger partial charge in [-0.15, -0.1) is 10.1 Å². The predicted octanol–water partition coefficient (Wildman–Crippen LogP) is -1.80. The highest BCUT2D eigenvalue weighted by Gasteiger charge is 2.05. The van der Waals surface area contributed by atoms with Crippen LogP contribution in [0.25, 0.3) is 0 Å². The minimum Gasteiger partial charge on any atom is -0.370 e. The van der Waals surface area contributed by atoms with Crippen molar-refractivity contribution < 1.29 is 14.7 Å². The van der Waals surface area contributed by atoms with Crippen LogP contribution in [0.2, 0.25) is 0 Å². The maximum absolute atomic E-state index is 10.3. The maximum atomic E-state index is 10.3. The molecule has 0 amide bonds. The molecule has 0 saturated heterocycles. The van der Waals surface area contributed by atoms with E-state index in [-0.39, 0.29) is 0 Å². The van der Waals surface area contributed by atoms with Crippen molar-refractivity contribution in [2.75, 3.05) is 6.54 Å². The molecular weight excluding hydrogens is 156 g/mol. The summed E-state index contributed by atoms with van der Waals surface area (Å²) in [6.45, 7) is -0.490. The van der Waals surface area contributed by atoms with Gasteiger partial charge in [0.1, 0.15) is 6.54 Å². The molecule has 0 rings (SSSR count). The first-order chi connectivity index (χ1) is 5.02. The first-order valence-electron chi connectivity index (χ1n) is 2.45. The third-order valence-corrected chi connectivity index (χ3v) is 0.600. The summed E-state index contributed by atoms with van der Waals surface area (Å²) in [5, 5.41) is 16.9. The number of carbonyl (C=O) groups excluding carboxylic acids is 1. The van der Waals surface area contributed by atoms with Crippen molar-refractivity contribution in [3.8, 4) is 0 Å². The Bertz CT molecular complexity index is 190. The van der Waals surface area contributed by atoms with Crippen LogP contribution in [0, 0.1) is 15.5 Å². The summed E-state index contributed by atoms with van der Waals surface area (Å²) in [5.74, 6) is -1.56. The van der Waals surface area contributed by atoms with Crippen molar-refractivity contribution in [1.82, 2.24) is 5.32 Å². The Kier molecular flexibility index (Phi) is 3.35. The monoisotopic (exact) mass is 162 g/mol. The number of nitrogens with one attached hydrogen (secondary N) is 2. The lowest BCUT2D eigenvalue weighted by Crippen LogP contribution is -2.35. The van der Waals surface area contributed by atoms with E-state index in [4.69, 9.17) is 11.1 Å². The van der Waals surface area contributed by atoms with Crippen LogP contribution in [-0.2, 0) is 9.63 Å². The fourth-order valence-corrected chi connectivity index (χ4v) is 0.283. The molecular formula is C3H6N4O4. The second-order valence-corrected chi connectivity index (χ2v) is 1.45. The summed E-state index contributed by atoms with van der Waals surface area (Å²) < 4.78 is 0. The van der Waals surface area contributed by atoms with E-state index in [9.17, 15) is 14.9 Å². The minimum atomic E-state index is -1.23. The second kappa shape index (κ2) is 4.04. The molecule has 0 heterocycles. The number of hydrogen-bond acceptors (Lipinski definition) is 5. The zero-order valence-electron chi connectivity index (χ0n) is 5.36. The molecule has 11 heavy (non-hydrogen) atoms. The standard InChI is InChI=1S/C3H6N4O4/c4-3(5)6-1-2(8)11-7(9)10/h1H2,(H4,4,5,6). The van der Waals surface area contributed by atoms with Crippen LogP contribution in [0.3, 0.4) is 0 Å². The third-order valence-electron chi connectivity index (χ3n) is 0.600. The Labute approximate surface area is 60.9 Å². The molecule has 0 saturated carbocycles. The largest absolute Gasteiger partial charge is 0.370 e. The lowest BCUT2D eigenvalue weighted by atomic mass is 10.6. The van der Waals surface area contributed by atoms with Crippen molar-refractivity contribution >= 4 is 11.9 Å². The molecule has 8 nitrogen and oxygen atoms in total. The Morgan fingerprint density at radius 3 is 2.73 bits per heavy atom. The second-order valence-electron chi connectivity index (χ2n) is 1.45. The Morgan fingerprint density at radius 2 is 2.36 bits per heavy atom. The van der Waals surface area contributed by atoms with Gasteiger partial charge in [0.25, 0.3) is 0 Å². The molecule has 0 fully saturated rings. The van der Waals surface area contributed by atoms with E-state index < -0.39 is 23.6 Å². The van der Waals surface area contributed by atoms with Crippen LogP contribution in [0.1, 0.15) is 0 Å². The van der Waals surface area contributed by atoms with E-state index >= 15 is 0 Å². The number of hydrogen-bond donors (Lipinski definition) is 3. The smallest absolute Gasteiger partial charge is 0.322 e. The van der Waals surface area contributed by atoms with Gasteiger partial charge in [-0.25, -0.2) is 4.84 Å². The lowest BCUT2D eigenvalue weighted by Gasteiger charge is -1.99. The molecule has 0 unspecified atom stereocenters. The Balaban J connectivity index is 3.53. The van der Waals surface area contributed by atoms with Crippen molar-refractivity contribution in [1.29, 1.82) is 5.41 Å². The molecule has 0 aromatic heterocycles. The van der Waals surface area contributed by atoms with Gasteiger partial charge in [0.2, 0.25) is 0 Å². The zero-order valence-corrected chi connectivity index (χ0v) is 5.36. The number of guanidine groups is 1. The van der Waals surface area contributed by atoms with E-state index in [1.165, 1.54) is 0 Å². The molecule has 8 heteroatoms. The molecule has 0 aromatic carbocycles. The zero-order chi connectivity index (χ0) is 8.85. The number of rotatable bonds is 3. The van der Waals surface area contributed by atoms with Gasteiger partial charge in [0.05, 0.1) is 0 Å². The molecule has 0 spiro atoms. The average molecular weight is 162 g/mol. The fourth-order valence-electron chi connectivity index (χ4n) is 0.283. The molecule has 0 aliphatic rings. The van der Waals surface area contributed by atoms with Gasteiger partial charge < -0.3 is 11.1 Å². The summed E-state index contributed by atoms with van der Waals surface area (Å²) in [5.41, 5.74) is 4.77. The van der Waals surface area contributed by atoms with Crippen LogP contribution in [-0.4, -0.2) is 23.6 Å². The topological polar surface area (TPSA) is 131 Å². The van der Waals surface area contributed by atoms with E-state index in [0.29, 0.717) is 0 Å². The molecule has 0 bridgehead atoms. The quantitative estimate of drug-likeness (QED) is 0.194. The van der Waals surface area contributed by atoms with E-state index in [1.54, 1.807) is 0 Å². The average Bonchev–Trinajstić information content (AvgIpc) is 1.82. The predicted molar refractivity (Wildman–Crippen MR) is 33.0 cm³/mol. The van der Waals surface area contributed by atoms with Gasteiger partial charge in [-0.2, -0.15) is 0 Å². The first kappa shape index (κ1) is 9.14. The Hall–Kier alpha value is -1.86. The van der Waals surface area contributed by atoms with Gasteiger partial charge >= 0.3 is 11.1 Å². The number of nitrogens with two attached hydrogens (primary N) is 1. The van der Waals surface area contributed by atoms with Crippen LogP contribution in [0.5, 0.6) is 0 Å². The van der Waals surface area contributed by atoms with Crippen LogP contribution in [0.15, 0.2) is 0 Å². The molecule has 62 valence electrons. The highest BCUT2D eigenvalue weighted by molar-refractivity contribution is 5.80. The lowest BCUT2D eigenvalue weighted by molar-refractivity contribution is -0.729. The van der Waals surface area contributed by atoms with Gasteiger partial charge in [-0.1, -0.05) is 0 Å². The van der Waals surface area contributed by atoms with Crippen molar-refractivity contribution in [3.63, 3.8) is 0 Å². The van der Waals surface area contributed by atoms with Crippen molar-refractivity contribution in [3.05, 3.63) is 10.1 Å². The van der Waals surface area contributed by atoms with E-state index in [1.807, 2.05) is 5.32 Å². The molecule has 0 radical (unpaired) electrons.